The number of rotatable bonds is 4. The monoisotopic (exact) mass is 396 g/mol. The van der Waals surface area contributed by atoms with Crippen LogP contribution in [0, 0.1) is 46.8 Å². The first kappa shape index (κ1) is 18.7. The van der Waals surface area contributed by atoms with Crippen LogP contribution in [0.4, 0.5) is 0 Å². The first-order valence-corrected chi connectivity index (χ1v) is 12.3. The Bertz CT molecular complexity index is 784. The van der Waals surface area contributed by atoms with Gasteiger partial charge >= 0.3 is 0 Å². The van der Waals surface area contributed by atoms with E-state index in [9.17, 15) is 9.90 Å². The summed E-state index contributed by atoms with van der Waals surface area (Å²) in [6, 6.07) is 1.99. The number of hydrogen-bond donors (Lipinski definition) is 1. The van der Waals surface area contributed by atoms with Gasteiger partial charge in [0, 0.05) is 12.3 Å². The molecular formula is C26H36O3. The minimum atomic E-state index is -0.267. The summed E-state index contributed by atoms with van der Waals surface area (Å²) in [4.78, 5) is 13.2. The smallest absolute Gasteiger partial charge is 0.136 e. The first-order valence-electron chi connectivity index (χ1n) is 12.3. The molecule has 3 heteroatoms. The summed E-state index contributed by atoms with van der Waals surface area (Å²) in [6.07, 6.45) is 16.0. The van der Waals surface area contributed by atoms with Gasteiger partial charge in [0.05, 0.1) is 18.1 Å². The van der Waals surface area contributed by atoms with Crippen LogP contribution in [0.2, 0.25) is 0 Å². The standard InChI is InChI=1S/C26H36O3/c1-25-11-8-17-18-9-12-26(28)14-23(26)20(18)4-3-19(17)21(25)5-6-22(25)24(27)7-2-16-10-13-29-15-16/h10,13,15,17-23,28H,2-9,11-12,14H2,1H3/t17-,18-,19-,20+,21+,22-,23?,25+,26+/m1/s1. The molecule has 0 aliphatic heterocycles. The molecular weight excluding hydrogens is 360 g/mol. The highest BCUT2D eigenvalue weighted by atomic mass is 16.3. The van der Waals surface area contributed by atoms with E-state index < -0.39 is 0 Å². The molecule has 0 saturated heterocycles. The third-order valence-corrected chi connectivity index (χ3v) is 10.6. The molecule has 0 bridgehead atoms. The van der Waals surface area contributed by atoms with Crippen LogP contribution < -0.4 is 0 Å². The predicted molar refractivity (Wildman–Crippen MR) is 111 cm³/mol. The van der Waals surface area contributed by atoms with Gasteiger partial charge < -0.3 is 9.52 Å². The van der Waals surface area contributed by atoms with Gasteiger partial charge in [-0.3, -0.25) is 4.79 Å². The minimum Gasteiger partial charge on any atom is -0.472 e. The molecule has 158 valence electrons. The fourth-order valence-corrected chi connectivity index (χ4v) is 9.09. The number of aliphatic hydroxyl groups is 1. The second-order valence-electron chi connectivity index (χ2n) is 11.6. The van der Waals surface area contributed by atoms with Gasteiger partial charge in [0.15, 0.2) is 0 Å². The predicted octanol–water partition coefficient (Wildman–Crippen LogP) is 5.41. The molecule has 0 aromatic carbocycles. The van der Waals surface area contributed by atoms with Crippen molar-refractivity contribution in [3.05, 3.63) is 24.2 Å². The van der Waals surface area contributed by atoms with Crippen LogP contribution >= 0.6 is 0 Å². The summed E-state index contributed by atoms with van der Waals surface area (Å²) in [7, 11) is 0. The molecule has 29 heavy (non-hydrogen) atoms. The third-order valence-electron chi connectivity index (χ3n) is 10.6. The zero-order valence-corrected chi connectivity index (χ0v) is 17.8. The van der Waals surface area contributed by atoms with Crippen LogP contribution in [0.25, 0.3) is 0 Å². The van der Waals surface area contributed by atoms with E-state index in [1.807, 2.05) is 6.07 Å². The molecule has 1 aromatic heterocycles. The average molecular weight is 397 g/mol. The summed E-state index contributed by atoms with van der Waals surface area (Å²) in [5.74, 6) is 5.53. The Morgan fingerprint density at radius 2 is 1.79 bits per heavy atom. The second kappa shape index (κ2) is 6.45. The van der Waals surface area contributed by atoms with Gasteiger partial charge in [-0.15, -0.1) is 0 Å². The molecule has 1 unspecified atom stereocenters. The van der Waals surface area contributed by atoms with E-state index in [2.05, 4.69) is 6.92 Å². The van der Waals surface area contributed by atoms with Crippen molar-refractivity contribution in [3.8, 4) is 0 Å². The van der Waals surface area contributed by atoms with Crippen molar-refractivity contribution in [3.63, 3.8) is 0 Å². The highest BCUT2D eigenvalue weighted by Crippen LogP contribution is 2.68. The lowest BCUT2D eigenvalue weighted by Gasteiger charge is -2.56. The number of hydrogen-bond acceptors (Lipinski definition) is 3. The van der Waals surface area contributed by atoms with Gasteiger partial charge in [-0.05, 0) is 117 Å². The number of ketones is 1. The summed E-state index contributed by atoms with van der Waals surface area (Å²) < 4.78 is 5.17. The average Bonchev–Trinajstić information content (AvgIpc) is 3.05. The molecule has 3 nitrogen and oxygen atoms in total. The van der Waals surface area contributed by atoms with E-state index in [-0.39, 0.29) is 16.9 Å². The molecule has 1 heterocycles. The minimum absolute atomic E-state index is 0.233. The lowest BCUT2D eigenvalue weighted by Crippen LogP contribution is -2.50. The maximum Gasteiger partial charge on any atom is 0.136 e. The number of carbonyl (C=O) groups is 1. The molecule has 0 spiro atoms. The summed E-state index contributed by atoms with van der Waals surface area (Å²) >= 11 is 0. The Hall–Kier alpha value is -1.09. The Kier molecular flexibility index (Phi) is 4.15. The molecule has 1 aromatic rings. The molecule has 5 fully saturated rings. The van der Waals surface area contributed by atoms with Crippen LogP contribution in [0.3, 0.4) is 0 Å². The Morgan fingerprint density at radius 1 is 1.03 bits per heavy atom. The lowest BCUT2D eigenvalue weighted by atomic mass is 9.49. The normalized spacial score (nSPS) is 50.2. The third kappa shape index (κ3) is 2.75. The van der Waals surface area contributed by atoms with Crippen molar-refractivity contribution in [2.24, 2.45) is 46.8 Å². The molecule has 6 rings (SSSR count). The number of Topliss-reactive ketones (excluding diaryl/α,β-unsaturated/α-hetero) is 1. The van der Waals surface area contributed by atoms with Crippen molar-refractivity contribution in [1.29, 1.82) is 0 Å². The van der Waals surface area contributed by atoms with Gasteiger partial charge in [0.2, 0.25) is 0 Å². The molecule has 9 atom stereocenters. The van der Waals surface area contributed by atoms with Crippen LogP contribution in [0.5, 0.6) is 0 Å². The Labute approximate surface area is 174 Å². The number of furan rings is 1. The van der Waals surface area contributed by atoms with Gasteiger partial charge in [0.25, 0.3) is 0 Å². The van der Waals surface area contributed by atoms with Crippen LogP contribution in [0.15, 0.2) is 23.0 Å². The van der Waals surface area contributed by atoms with Gasteiger partial charge in [0.1, 0.15) is 5.78 Å². The van der Waals surface area contributed by atoms with E-state index in [0.29, 0.717) is 18.1 Å². The highest BCUT2D eigenvalue weighted by Gasteiger charge is 2.65. The number of carbonyl (C=O) groups excluding carboxylic acids is 1. The maximum absolute atomic E-state index is 13.2. The molecule has 1 N–H and O–H groups in total. The van der Waals surface area contributed by atoms with Crippen LogP contribution in [-0.2, 0) is 11.2 Å². The van der Waals surface area contributed by atoms with Crippen molar-refractivity contribution in [1.82, 2.24) is 0 Å². The first-order chi connectivity index (χ1) is 14.0. The SMILES string of the molecule is C[C@]12CC[C@@H]3[C@H]4CC[C@]5(O)CC5[C@H]4CC[C@H]3[C@@H]1CC[C@@H]2C(=O)CCc1ccoc1. The van der Waals surface area contributed by atoms with Gasteiger partial charge in [-0.25, -0.2) is 0 Å². The topological polar surface area (TPSA) is 50.4 Å². The molecule has 5 aliphatic rings. The molecule has 0 amide bonds. The number of aryl methyl sites for hydroxylation is 1. The fourth-order valence-electron chi connectivity index (χ4n) is 9.09. The summed E-state index contributed by atoms with van der Waals surface area (Å²) in [5, 5.41) is 10.6. The van der Waals surface area contributed by atoms with Crippen LogP contribution in [-0.4, -0.2) is 16.5 Å². The van der Waals surface area contributed by atoms with E-state index in [0.717, 1.165) is 60.8 Å². The van der Waals surface area contributed by atoms with Crippen molar-refractivity contribution >= 4 is 5.78 Å². The largest absolute Gasteiger partial charge is 0.472 e. The highest BCUT2D eigenvalue weighted by molar-refractivity contribution is 5.82. The van der Waals surface area contributed by atoms with Crippen molar-refractivity contribution < 1.29 is 14.3 Å². The fraction of sp³-hybridized carbons (Fsp3) is 0.808. The van der Waals surface area contributed by atoms with Crippen molar-refractivity contribution in [2.45, 2.75) is 83.2 Å². The maximum atomic E-state index is 13.2. The van der Waals surface area contributed by atoms with Gasteiger partial charge in [-0.1, -0.05) is 6.92 Å². The molecule has 5 saturated carbocycles. The van der Waals surface area contributed by atoms with Crippen LogP contribution in [0.1, 0.15) is 76.7 Å². The van der Waals surface area contributed by atoms with Gasteiger partial charge in [-0.2, -0.15) is 0 Å². The quantitative estimate of drug-likeness (QED) is 0.740. The van der Waals surface area contributed by atoms with E-state index >= 15 is 0 Å². The van der Waals surface area contributed by atoms with Crippen molar-refractivity contribution in [2.75, 3.05) is 0 Å². The molecule has 5 aliphatic carbocycles. The summed E-state index contributed by atoms with van der Waals surface area (Å²) in [6.45, 7) is 2.47. The summed E-state index contributed by atoms with van der Waals surface area (Å²) in [5.41, 5.74) is 1.12. The Balaban J connectivity index is 1.16. The van der Waals surface area contributed by atoms with E-state index in [4.69, 9.17) is 4.42 Å². The second-order valence-corrected chi connectivity index (χ2v) is 11.6. The zero-order valence-electron chi connectivity index (χ0n) is 17.8. The number of fused-ring (bicyclic) bond motifs is 7. The van der Waals surface area contributed by atoms with E-state index in [1.165, 1.54) is 38.5 Å². The Morgan fingerprint density at radius 3 is 2.55 bits per heavy atom. The van der Waals surface area contributed by atoms with E-state index in [1.54, 1.807) is 12.5 Å². The zero-order chi connectivity index (χ0) is 19.8. The lowest BCUT2D eigenvalue weighted by molar-refractivity contribution is -0.131. The molecule has 0 radical (unpaired) electrons.